The monoisotopic (exact) mass is 484 g/mol. The first-order valence-electron chi connectivity index (χ1n) is 12.8. The van der Waals surface area contributed by atoms with Crippen LogP contribution in [0, 0.1) is 13.8 Å². The molecule has 2 heterocycles. The van der Waals surface area contributed by atoms with Crippen LogP contribution in [0.1, 0.15) is 52.0 Å². The average Bonchev–Trinajstić information content (AvgIpc) is 3.09. The van der Waals surface area contributed by atoms with Gasteiger partial charge in [-0.2, -0.15) is 0 Å². The molecule has 1 spiro atoms. The maximum atomic E-state index is 14.1. The maximum Gasteiger partial charge on any atom is 0.255 e. The van der Waals surface area contributed by atoms with Crippen molar-refractivity contribution in [2.45, 2.75) is 33.2 Å². The Hall–Kier alpha value is -3.51. The highest BCUT2D eigenvalue weighted by atomic mass is 16.5. The number of carbonyl (C=O) groups excluding carboxylic acids is 1. The van der Waals surface area contributed by atoms with Crippen LogP contribution in [0.2, 0.25) is 0 Å². The van der Waals surface area contributed by atoms with E-state index in [-0.39, 0.29) is 5.91 Å². The number of likely N-dealkylation sites (N-methyl/N-ethyl adjacent to an activating group) is 1. The van der Waals surface area contributed by atoms with Gasteiger partial charge in [0.1, 0.15) is 17.0 Å². The van der Waals surface area contributed by atoms with Gasteiger partial charge in [0.2, 0.25) is 0 Å². The number of fused-ring (bicyclic) bond motifs is 6. The molecule has 6 heteroatoms. The molecule has 0 aromatic heterocycles. The molecule has 1 amide bonds. The Bertz CT molecular complexity index is 1270. The van der Waals surface area contributed by atoms with E-state index in [0.717, 1.165) is 75.9 Å². The summed E-state index contributed by atoms with van der Waals surface area (Å²) in [7, 11) is 4.10. The third kappa shape index (κ3) is 3.54. The highest BCUT2D eigenvalue weighted by Gasteiger charge is 2.56. The second kappa shape index (κ2) is 9.17. The van der Waals surface area contributed by atoms with Crippen molar-refractivity contribution in [1.82, 2.24) is 9.80 Å². The lowest BCUT2D eigenvalue weighted by Crippen LogP contribution is -2.49. The number of benzene rings is 3. The summed E-state index contributed by atoms with van der Waals surface area (Å²) in [5.74, 6) is 1.64. The molecule has 0 atom stereocenters. The minimum atomic E-state index is -0.766. The molecule has 188 valence electrons. The summed E-state index contributed by atoms with van der Waals surface area (Å²) in [5.41, 5.74) is 7.40. The van der Waals surface area contributed by atoms with Crippen LogP contribution in [0.3, 0.4) is 0 Å². The summed E-state index contributed by atoms with van der Waals surface area (Å²) in [6.07, 6.45) is 0. The van der Waals surface area contributed by atoms with Crippen molar-refractivity contribution < 1.29 is 9.53 Å². The van der Waals surface area contributed by atoms with Crippen LogP contribution in [0.25, 0.3) is 0 Å². The van der Waals surface area contributed by atoms with E-state index in [4.69, 9.17) is 4.74 Å². The van der Waals surface area contributed by atoms with Gasteiger partial charge < -0.3 is 25.2 Å². The topological polar surface area (TPSA) is 56.8 Å². The summed E-state index contributed by atoms with van der Waals surface area (Å²) in [6.45, 7) is 11.4. The summed E-state index contributed by atoms with van der Waals surface area (Å²) in [6, 6.07) is 16.7. The summed E-state index contributed by atoms with van der Waals surface area (Å²) < 4.78 is 6.64. The molecule has 0 saturated heterocycles. The highest BCUT2D eigenvalue weighted by molar-refractivity contribution is 6.02. The molecular formula is C30H36N4O2. The van der Waals surface area contributed by atoms with Crippen LogP contribution in [0.4, 0.5) is 11.4 Å². The Kier molecular flexibility index (Phi) is 6.17. The van der Waals surface area contributed by atoms with Crippen molar-refractivity contribution in [2.24, 2.45) is 0 Å². The molecule has 0 bridgehead atoms. The van der Waals surface area contributed by atoms with E-state index in [9.17, 15) is 4.79 Å². The van der Waals surface area contributed by atoms with Gasteiger partial charge in [0.25, 0.3) is 5.91 Å². The lowest BCUT2D eigenvalue weighted by Gasteiger charge is -2.45. The predicted octanol–water partition coefficient (Wildman–Crippen LogP) is 5.58. The van der Waals surface area contributed by atoms with Crippen LogP contribution >= 0.6 is 0 Å². The molecule has 3 aromatic rings. The first kappa shape index (κ1) is 24.2. The molecule has 0 aliphatic carbocycles. The van der Waals surface area contributed by atoms with Gasteiger partial charge in [-0.25, -0.2) is 0 Å². The molecule has 0 fully saturated rings. The zero-order chi connectivity index (χ0) is 25.6. The number of nitrogens with zero attached hydrogens (tertiary/aromatic N) is 2. The summed E-state index contributed by atoms with van der Waals surface area (Å²) >= 11 is 0. The number of hydrogen-bond acceptors (Lipinski definition) is 5. The Labute approximate surface area is 214 Å². The number of ether oxygens (including phenoxy) is 1. The van der Waals surface area contributed by atoms with Crippen molar-refractivity contribution in [3.05, 3.63) is 81.9 Å². The molecule has 2 N–H and O–H groups in total. The Morgan fingerprint density at radius 3 is 1.94 bits per heavy atom. The fraction of sp³-hybridized carbons (Fsp3) is 0.367. The minimum Gasteiger partial charge on any atom is -0.456 e. The second-order valence-corrected chi connectivity index (χ2v) is 10.0. The second-order valence-electron chi connectivity index (χ2n) is 10.0. The van der Waals surface area contributed by atoms with Gasteiger partial charge >= 0.3 is 0 Å². The molecule has 3 aromatic carbocycles. The Morgan fingerprint density at radius 2 is 1.42 bits per heavy atom. The van der Waals surface area contributed by atoms with E-state index >= 15 is 0 Å². The van der Waals surface area contributed by atoms with Gasteiger partial charge in [-0.15, -0.1) is 0 Å². The van der Waals surface area contributed by atoms with Crippen LogP contribution in [-0.2, 0) is 5.54 Å². The van der Waals surface area contributed by atoms with Crippen LogP contribution in [-0.4, -0.2) is 56.0 Å². The molecule has 2 aliphatic heterocycles. The Morgan fingerprint density at radius 1 is 0.861 bits per heavy atom. The predicted molar refractivity (Wildman–Crippen MR) is 147 cm³/mol. The zero-order valence-corrected chi connectivity index (χ0v) is 22.2. The molecule has 6 nitrogen and oxygen atoms in total. The van der Waals surface area contributed by atoms with Gasteiger partial charge in [-0.05, 0) is 76.7 Å². The van der Waals surface area contributed by atoms with Crippen molar-refractivity contribution in [1.29, 1.82) is 0 Å². The third-order valence-corrected chi connectivity index (χ3v) is 7.36. The molecule has 36 heavy (non-hydrogen) atoms. The number of carbonyl (C=O) groups is 1. The van der Waals surface area contributed by atoms with Crippen LogP contribution < -0.4 is 15.4 Å². The fourth-order valence-corrected chi connectivity index (χ4v) is 5.71. The number of amides is 1. The lowest BCUT2D eigenvalue weighted by molar-refractivity contribution is 0.0649. The van der Waals surface area contributed by atoms with Gasteiger partial charge in [-0.1, -0.05) is 18.2 Å². The van der Waals surface area contributed by atoms with Gasteiger partial charge in [0.05, 0.1) is 0 Å². The van der Waals surface area contributed by atoms with E-state index in [2.05, 4.69) is 78.5 Å². The lowest BCUT2D eigenvalue weighted by atomic mass is 9.73. The van der Waals surface area contributed by atoms with E-state index in [0.29, 0.717) is 6.54 Å². The third-order valence-electron chi connectivity index (χ3n) is 7.36. The number of nitrogens with one attached hydrogen (secondary N) is 2. The van der Waals surface area contributed by atoms with Crippen molar-refractivity contribution in [2.75, 3.05) is 50.9 Å². The quantitative estimate of drug-likeness (QED) is 0.458. The fourth-order valence-electron chi connectivity index (χ4n) is 5.71. The SMILES string of the molecule is CCNc1cc2c(cc1C)C1(c3cc(C)c(NCC)cc3O2)c2ccccc2C(=O)N1CCN(C)C. The van der Waals surface area contributed by atoms with Gasteiger partial charge in [0.15, 0.2) is 0 Å². The van der Waals surface area contributed by atoms with Crippen molar-refractivity contribution in [3.8, 4) is 11.5 Å². The average molecular weight is 485 g/mol. The molecule has 0 radical (unpaired) electrons. The highest BCUT2D eigenvalue weighted by Crippen LogP contribution is 2.58. The van der Waals surface area contributed by atoms with E-state index < -0.39 is 5.54 Å². The molecule has 0 saturated carbocycles. The minimum absolute atomic E-state index is 0.0630. The summed E-state index contributed by atoms with van der Waals surface area (Å²) in [5, 5.41) is 6.94. The van der Waals surface area contributed by atoms with Crippen LogP contribution in [0.15, 0.2) is 48.5 Å². The standard InChI is InChI=1S/C30H36N4O2/c1-7-31-25-17-27-23(15-19(25)3)30(24-16-20(4)26(32-8-2)18-28(24)36-27)22-12-10-9-11-21(22)29(35)34(30)14-13-33(5)6/h9-12,15-18,31-32H,7-8,13-14H2,1-6H3. The first-order chi connectivity index (χ1) is 17.3. The van der Waals surface area contributed by atoms with Crippen LogP contribution in [0.5, 0.6) is 11.5 Å². The van der Waals surface area contributed by atoms with E-state index in [1.165, 1.54) is 0 Å². The number of anilines is 2. The first-order valence-corrected chi connectivity index (χ1v) is 12.8. The zero-order valence-electron chi connectivity index (χ0n) is 22.2. The smallest absolute Gasteiger partial charge is 0.255 e. The molecular weight excluding hydrogens is 448 g/mol. The largest absolute Gasteiger partial charge is 0.456 e. The van der Waals surface area contributed by atoms with Crippen molar-refractivity contribution in [3.63, 3.8) is 0 Å². The normalized spacial score (nSPS) is 15.0. The Balaban J connectivity index is 1.87. The van der Waals surface area contributed by atoms with Gasteiger partial charge in [0, 0.05) is 66.4 Å². The maximum absolute atomic E-state index is 14.1. The number of rotatable bonds is 7. The molecule has 5 rings (SSSR count). The molecule has 0 unspecified atom stereocenters. The number of hydrogen-bond donors (Lipinski definition) is 2. The van der Waals surface area contributed by atoms with Crippen molar-refractivity contribution >= 4 is 17.3 Å². The van der Waals surface area contributed by atoms with Gasteiger partial charge in [-0.3, -0.25) is 4.79 Å². The molecule has 2 aliphatic rings. The van der Waals surface area contributed by atoms with E-state index in [1.54, 1.807) is 0 Å². The number of aryl methyl sites for hydroxylation is 2. The summed E-state index contributed by atoms with van der Waals surface area (Å²) in [4.78, 5) is 18.2. The van der Waals surface area contributed by atoms with E-state index in [1.807, 2.05) is 32.3 Å².